The molecule has 0 aliphatic carbocycles. The van der Waals surface area contributed by atoms with Gasteiger partial charge in [0.15, 0.2) is 0 Å². The smallest absolute Gasteiger partial charge is 0.338 e. The maximum Gasteiger partial charge on any atom is 0.338 e. The molecule has 1 atom stereocenters. The van der Waals surface area contributed by atoms with Gasteiger partial charge in [-0.25, -0.2) is 4.79 Å². The molecule has 2 N–H and O–H groups in total. The molecule has 0 spiro atoms. The number of aryl methyl sites for hydroxylation is 1. The highest BCUT2D eigenvalue weighted by Gasteiger charge is 2.16. The number of hydrogen-bond acceptors (Lipinski definition) is 3. The molecule has 1 unspecified atom stereocenters. The summed E-state index contributed by atoms with van der Waals surface area (Å²) in [6.45, 7) is 3.54. The standard InChI is InChI=1S/C28H34N2O2/c1-2-3-17-32-28(31)23-13-14-27-26(19-23)24(20-30-27)11-7-8-12-25-18-22(15-16-29-25)21-9-5-4-6-10-21/h4-6,9-10,13-15,19-20,25,29-30H,2-3,7-8,11-12,16-18H2,1H3. The quantitative estimate of drug-likeness (QED) is 0.294. The van der Waals surface area contributed by atoms with Gasteiger partial charge in [-0.1, -0.05) is 56.2 Å². The molecule has 0 saturated heterocycles. The van der Waals surface area contributed by atoms with Crippen LogP contribution < -0.4 is 5.32 Å². The molecule has 0 fully saturated rings. The highest BCUT2D eigenvalue weighted by molar-refractivity contribution is 5.95. The van der Waals surface area contributed by atoms with E-state index < -0.39 is 0 Å². The van der Waals surface area contributed by atoms with Gasteiger partial charge in [0.2, 0.25) is 0 Å². The molecule has 0 amide bonds. The number of esters is 1. The summed E-state index contributed by atoms with van der Waals surface area (Å²) < 4.78 is 5.38. The Morgan fingerprint density at radius 2 is 1.97 bits per heavy atom. The van der Waals surface area contributed by atoms with Crippen molar-refractivity contribution in [2.45, 2.75) is 57.9 Å². The van der Waals surface area contributed by atoms with Crippen LogP contribution in [0, 0.1) is 0 Å². The number of carbonyl (C=O) groups is 1. The topological polar surface area (TPSA) is 54.1 Å². The lowest BCUT2D eigenvalue weighted by molar-refractivity contribution is 0.0500. The number of H-pyrrole nitrogens is 1. The predicted octanol–water partition coefficient (Wildman–Crippen LogP) is 6.28. The summed E-state index contributed by atoms with van der Waals surface area (Å²) in [5.41, 5.74) is 5.81. The van der Waals surface area contributed by atoms with E-state index in [-0.39, 0.29) is 5.97 Å². The van der Waals surface area contributed by atoms with Crippen LogP contribution in [0.25, 0.3) is 16.5 Å². The van der Waals surface area contributed by atoms with E-state index in [2.05, 4.69) is 59.8 Å². The van der Waals surface area contributed by atoms with Crippen LogP contribution in [0.15, 0.2) is 60.8 Å². The molecule has 3 aromatic rings. The van der Waals surface area contributed by atoms with Crippen molar-refractivity contribution in [3.63, 3.8) is 0 Å². The zero-order chi connectivity index (χ0) is 22.2. The van der Waals surface area contributed by atoms with Gasteiger partial charge in [-0.2, -0.15) is 0 Å². The van der Waals surface area contributed by atoms with Crippen molar-refractivity contribution in [1.82, 2.24) is 10.3 Å². The molecule has 2 heterocycles. The van der Waals surface area contributed by atoms with Crippen LogP contribution in [0.1, 0.15) is 66.9 Å². The molecule has 168 valence electrons. The number of carbonyl (C=O) groups excluding carboxylic acids is 1. The third-order valence-electron chi connectivity index (χ3n) is 6.35. The van der Waals surface area contributed by atoms with Gasteiger partial charge in [0.25, 0.3) is 0 Å². The van der Waals surface area contributed by atoms with Crippen LogP contribution >= 0.6 is 0 Å². The number of nitrogens with one attached hydrogen (secondary N) is 2. The Morgan fingerprint density at radius 3 is 2.81 bits per heavy atom. The van der Waals surface area contributed by atoms with Gasteiger partial charge >= 0.3 is 5.97 Å². The number of benzene rings is 2. The molecule has 0 saturated carbocycles. The number of rotatable bonds is 10. The van der Waals surface area contributed by atoms with Crippen molar-refractivity contribution in [3.8, 4) is 0 Å². The zero-order valence-corrected chi connectivity index (χ0v) is 19.0. The Morgan fingerprint density at radius 1 is 1.09 bits per heavy atom. The lowest BCUT2D eigenvalue weighted by atomic mass is 9.92. The number of hydrogen-bond donors (Lipinski definition) is 2. The van der Waals surface area contributed by atoms with E-state index >= 15 is 0 Å². The van der Waals surface area contributed by atoms with Gasteiger partial charge in [-0.15, -0.1) is 0 Å². The third-order valence-corrected chi connectivity index (χ3v) is 6.35. The van der Waals surface area contributed by atoms with Crippen LogP contribution in [-0.4, -0.2) is 30.1 Å². The summed E-state index contributed by atoms with van der Waals surface area (Å²) in [6, 6.07) is 17.1. The second kappa shape index (κ2) is 11.1. The summed E-state index contributed by atoms with van der Waals surface area (Å²) in [6.07, 6.45) is 12.0. The first-order chi connectivity index (χ1) is 15.7. The highest BCUT2D eigenvalue weighted by Crippen LogP contribution is 2.26. The Balaban J connectivity index is 1.28. The molecular formula is C28H34N2O2. The fourth-order valence-corrected chi connectivity index (χ4v) is 4.47. The number of ether oxygens (including phenoxy) is 1. The average molecular weight is 431 g/mol. The van der Waals surface area contributed by atoms with E-state index in [0.717, 1.165) is 49.6 Å². The van der Waals surface area contributed by atoms with E-state index in [1.165, 1.54) is 29.5 Å². The number of aromatic nitrogens is 1. The maximum atomic E-state index is 12.3. The minimum absolute atomic E-state index is 0.224. The minimum atomic E-state index is -0.224. The zero-order valence-electron chi connectivity index (χ0n) is 19.0. The SMILES string of the molecule is CCCCOC(=O)c1ccc2[nH]cc(CCCCC3CC(c4ccccc4)=CCN3)c2c1. The first kappa shape index (κ1) is 22.3. The fourth-order valence-electron chi connectivity index (χ4n) is 4.47. The van der Waals surface area contributed by atoms with Crippen molar-refractivity contribution in [3.05, 3.63) is 77.5 Å². The van der Waals surface area contributed by atoms with Gasteiger partial charge < -0.3 is 15.0 Å². The molecule has 1 aliphatic heterocycles. The third kappa shape index (κ3) is 5.68. The normalized spacial score (nSPS) is 16.2. The molecular weight excluding hydrogens is 396 g/mol. The minimum Gasteiger partial charge on any atom is -0.462 e. The molecule has 0 bridgehead atoms. The number of unbranched alkanes of at least 4 members (excludes halogenated alkanes) is 2. The van der Waals surface area contributed by atoms with Gasteiger partial charge in [-0.05, 0) is 67.0 Å². The first-order valence-electron chi connectivity index (χ1n) is 12.0. The summed E-state index contributed by atoms with van der Waals surface area (Å²) in [5.74, 6) is -0.224. The fraction of sp³-hybridized carbons (Fsp3) is 0.393. The Labute approximate surface area is 191 Å². The second-order valence-electron chi connectivity index (χ2n) is 8.71. The molecule has 4 heteroatoms. The van der Waals surface area contributed by atoms with E-state index in [1.54, 1.807) is 0 Å². The number of aromatic amines is 1. The van der Waals surface area contributed by atoms with E-state index in [4.69, 9.17) is 4.74 Å². The van der Waals surface area contributed by atoms with E-state index in [1.807, 2.05) is 18.2 Å². The molecule has 4 nitrogen and oxygen atoms in total. The molecule has 1 aliphatic rings. The van der Waals surface area contributed by atoms with Crippen molar-refractivity contribution in [2.24, 2.45) is 0 Å². The van der Waals surface area contributed by atoms with Crippen molar-refractivity contribution in [1.29, 1.82) is 0 Å². The maximum absolute atomic E-state index is 12.3. The molecule has 32 heavy (non-hydrogen) atoms. The lowest BCUT2D eigenvalue weighted by Gasteiger charge is -2.24. The molecule has 2 aromatic carbocycles. The van der Waals surface area contributed by atoms with Crippen molar-refractivity contribution in [2.75, 3.05) is 13.2 Å². The predicted molar refractivity (Wildman–Crippen MR) is 132 cm³/mol. The highest BCUT2D eigenvalue weighted by atomic mass is 16.5. The van der Waals surface area contributed by atoms with Gasteiger partial charge in [0.1, 0.15) is 0 Å². The van der Waals surface area contributed by atoms with Crippen LogP contribution in [0.3, 0.4) is 0 Å². The van der Waals surface area contributed by atoms with E-state index in [9.17, 15) is 4.79 Å². The largest absolute Gasteiger partial charge is 0.462 e. The summed E-state index contributed by atoms with van der Waals surface area (Å²) in [5, 5.41) is 4.79. The Bertz CT molecular complexity index is 1050. The molecule has 1 aromatic heterocycles. The van der Waals surface area contributed by atoms with Gasteiger partial charge in [-0.3, -0.25) is 0 Å². The summed E-state index contributed by atoms with van der Waals surface area (Å²) in [7, 11) is 0. The number of fused-ring (bicyclic) bond motifs is 1. The van der Waals surface area contributed by atoms with Gasteiger partial charge in [0, 0.05) is 29.7 Å². The van der Waals surface area contributed by atoms with Crippen molar-refractivity contribution < 1.29 is 9.53 Å². The van der Waals surface area contributed by atoms with Crippen LogP contribution in [0.2, 0.25) is 0 Å². The van der Waals surface area contributed by atoms with Crippen LogP contribution in [-0.2, 0) is 11.2 Å². The first-order valence-corrected chi connectivity index (χ1v) is 12.0. The summed E-state index contributed by atoms with van der Waals surface area (Å²) >= 11 is 0. The van der Waals surface area contributed by atoms with E-state index in [0.29, 0.717) is 18.2 Å². The van der Waals surface area contributed by atoms with Crippen LogP contribution in [0.5, 0.6) is 0 Å². The monoisotopic (exact) mass is 430 g/mol. The van der Waals surface area contributed by atoms with Crippen LogP contribution in [0.4, 0.5) is 0 Å². The Hall–Kier alpha value is -2.85. The second-order valence-corrected chi connectivity index (χ2v) is 8.71. The lowest BCUT2D eigenvalue weighted by Crippen LogP contribution is -2.32. The average Bonchev–Trinajstić information content (AvgIpc) is 3.25. The molecule has 4 rings (SSSR count). The summed E-state index contributed by atoms with van der Waals surface area (Å²) in [4.78, 5) is 15.7. The van der Waals surface area contributed by atoms with Gasteiger partial charge in [0.05, 0.1) is 12.2 Å². The molecule has 0 radical (unpaired) electrons. The van der Waals surface area contributed by atoms with Crippen molar-refractivity contribution >= 4 is 22.4 Å². The Kier molecular flexibility index (Phi) is 7.78.